The largest absolute Gasteiger partial charge is 0.481 e. The molecule has 4 atom stereocenters. The topological polar surface area (TPSA) is 40.5 Å². The summed E-state index contributed by atoms with van der Waals surface area (Å²) in [5.74, 6) is -0.127. The van der Waals surface area contributed by atoms with Crippen LogP contribution in [0.1, 0.15) is 50.0 Å². The summed E-state index contributed by atoms with van der Waals surface area (Å²) in [6.45, 7) is 2.01. The maximum atomic E-state index is 12.5. The van der Waals surface area contributed by atoms with Gasteiger partial charge in [-0.25, -0.2) is 0 Å². The van der Waals surface area contributed by atoms with Gasteiger partial charge in [0.05, 0.1) is 5.92 Å². The highest BCUT2D eigenvalue weighted by atomic mass is 35.5. The number of carbonyl (C=O) groups is 1. The molecular formula is C26H30ClNO2S. The molecule has 1 heterocycles. The minimum Gasteiger partial charge on any atom is -0.481 e. The van der Waals surface area contributed by atoms with Crippen LogP contribution in [0.2, 0.25) is 5.02 Å². The SMILES string of the molecule is O=C(O)[C@H]1[C@@H]2C[C@@H](CN(C3CCCCC3)C2)[C@@H]1c1ccccc1Sc1ccc(Cl)cc1. The molecule has 2 saturated carbocycles. The molecule has 2 aliphatic carbocycles. The number of hydrogen-bond donors (Lipinski definition) is 1. The first kappa shape index (κ1) is 21.4. The van der Waals surface area contributed by atoms with E-state index in [1.54, 1.807) is 11.8 Å². The van der Waals surface area contributed by atoms with Crippen molar-refractivity contribution in [1.29, 1.82) is 0 Å². The summed E-state index contributed by atoms with van der Waals surface area (Å²) in [5, 5.41) is 11.0. The van der Waals surface area contributed by atoms with Crippen LogP contribution in [0.3, 0.4) is 0 Å². The van der Waals surface area contributed by atoms with Gasteiger partial charge in [-0.2, -0.15) is 0 Å². The molecule has 0 amide bonds. The smallest absolute Gasteiger partial charge is 0.307 e. The quantitative estimate of drug-likeness (QED) is 0.554. The third-order valence-corrected chi connectivity index (χ3v) is 8.99. The van der Waals surface area contributed by atoms with E-state index in [1.807, 2.05) is 24.3 Å². The van der Waals surface area contributed by atoms with E-state index in [4.69, 9.17) is 11.6 Å². The first-order valence-corrected chi connectivity index (χ1v) is 12.8. The average molecular weight is 456 g/mol. The summed E-state index contributed by atoms with van der Waals surface area (Å²) < 4.78 is 0. The van der Waals surface area contributed by atoms with Crippen molar-refractivity contribution in [3.8, 4) is 0 Å². The lowest BCUT2D eigenvalue weighted by molar-refractivity contribution is -0.143. The Hall–Kier alpha value is -1.49. The average Bonchev–Trinajstić information content (AvgIpc) is 3.06. The fraction of sp³-hybridized carbons (Fsp3) is 0.500. The second kappa shape index (κ2) is 9.17. The summed E-state index contributed by atoms with van der Waals surface area (Å²) in [6.07, 6.45) is 7.61. The molecule has 0 spiro atoms. The number of piperidine rings is 1. The number of carboxylic acid groups (broad SMARTS) is 1. The monoisotopic (exact) mass is 455 g/mol. The fourth-order valence-electron chi connectivity index (χ4n) is 6.35. The molecule has 3 aliphatic rings. The van der Waals surface area contributed by atoms with Gasteiger partial charge < -0.3 is 5.11 Å². The molecule has 2 bridgehead atoms. The van der Waals surface area contributed by atoms with E-state index < -0.39 is 5.97 Å². The van der Waals surface area contributed by atoms with Crippen molar-refractivity contribution in [2.75, 3.05) is 13.1 Å². The van der Waals surface area contributed by atoms with Crippen molar-refractivity contribution in [1.82, 2.24) is 4.90 Å². The third kappa shape index (κ3) is 4.40. The Morgan fingerprint density at radius 1 is 0.968 bits per heavy atom. The second-order valence-corrected chi connectivity index (χ2v) is 11.0. The number of fused-ring (bicyclic) bond motifs is 2. The van der Waals surface area contributed by atoms with Gasteiger partial charge in [0.15, 0.2) is 0 Å². The van der Waals surface area contributed by atoms with Crippen molar-refractivity contribution in [2.45, 2.75) is 60.3 Å². The van der Waals surface area contributed by atoms with Crippen LogP contribution in [0.5, 0.6) is 0 Å². The number of halogens is 1. The Morgan fingerprint density at radius 2 is 1.68 bits per heavy atom. The van der Waals surface area contributed by atoms with Crippen LogP contribution in [0.4, 0.5) is 0 Å². The highest BCUT2D eigenvalue weighted by molar-refractivity contribution is 7.99. The molecule has 2 aromatic rings. The Labute approximate surface area is 194 Å². The van der Waals surface area contributed by atoms with E-state index in [1.165, 1.54) is 42.6 Å². The zero-order chi connectivity index (χ0) is 21.4. The Kier molecular flexibility index (Phi) is 6.32. The summed E-state index contributed by atoms with van der Waals surface area (Å²) in [5.41, 5.74) is 1.22. The molecule has 0 radical (unpaired) electrons. The number of hydrogen-bond acceptors (Lipinski definition) is 3. The third-order valence-electron chi connectivity index (χ3n) is 7.64. The minimum absolute atomic E-state index is 0.0899. The molecule has 0 unspecified atom stereocenters. The number of benzene rings is 2. The van der Waals surface area contributed by atoms with Crippen molar-refractivity contribution in [3.63, 3.8) is 0 Å². The lowest BCUT2D eigenvalue weighted by atomic mass is 9.82. The number of aliphatic carboxylic acids is 1. The van der Waals surface area contributed by atoms with E-state index in [9.17, 15) is 9.90 Å². The van der Waals surface area contributed by atoms with Crippen LogP contribution in [0.15, 0.2) is 58.3 Å². The first-order valence-electron chi connectivity index (χ1n) is 11.6. The van der Waals surface area contributed by atoms with Gasteiger partial charge >= 0.3 is 5.97 Å². The molecule has 3 nitrogen and oxygen atoms in total. The van der Waals surface area contributed by atoms with Crippen molar-refractivity contribution >= 4 is 29.3 Å². The minimum atomic E-state index is -0.616. The standard InChI is InChI=1S/C26H30ClNO2S/c27-19-10-12-21(13-11-19)31-23-9-5-4-8-22(23)24-17-14-18(25(24)26(29)30)16-28(15-17)20-6-2-1-3-7-20/h4-5,8-13,17-18,20,24-25H,1-3,6-7,14-16H2,(H,29,30)/t17-,18+,24+,25-/m0/s1. The highest BCUT2D eigenvalue weighted by Gasteiger charge is 2.52. The van der Waals surface area contributed by atoms with Crippen LogP contribution < -0.4 is 0 Å². The van der Waals surface area contributed by atoms with Gasteiger partial charge in [0, 0.05) is 39.9 Å². The number of carboxylic acids is 1. The Bertz CT molecular complexity index is 927. The molecule has 2 aromatic carbocycles. The summed E-state index contributed by atoms with van der Waals surface area (Å²) in [6, 6.07) is 17.0. The molecule has 5 heteroatoms. The summed E-state index contributed by atoms with van der Waals surface area (Å²) in [7, 11) is 0. The normalized spacial score (nSPS) is 29.2. The van der Waals surface area contributed by atoms with Crippen molar-refractivity contribution in [2.24, 2.45) is 17.8 Å². The predicted molar refractivity (Wildman–Crippen MR) is 126 cm³/mol. The molecule has 1 N–H and O–H groups in total. The summed E-state index contributed by atoms with van der Waals surface area (Å²) in [4.78, 5) is 17.4. The van der Waals surface area contributed by atoms with E-state index in [2.05, 4.69) is 29.2 Å². The van der Waals surface area contributed by atoms with Gasteiger partial charge in [0.2, 0.25) is 0 Å². The maximum absolute atomic E-state index is 12.5. The van der Waals surface area contributed by atoms with Gasteiger partial charge in [-0.1, -0.05) is 60.8 Å². The van der Waals surface area contributed by atoms with Crippen LogP contribution in [-0.2, 0) is 4.79 Å². The molecule has 3 fully saturated rings. The Morgan fingerprint density at radius 3 is 2.42 bits per heavy atom. The molecule has 31 heavy (non-hydrogen) atoms. The molecular weight excluding hydrogens is 426 g/mol. The fourth-order valence-corrected chi connectivity index (χ4v) is 7.47. The molecule has 164 valence electrons. The molecule has 0 aromatic heterocycles. The van der Waals surface area contributed by atoms with E-state index in [-0.39, 0.29) is 17.8 Å². The van der Waals surface area contributed by atoms with Gasteiger partial charge in [0.25, 0.3) is 0 Å². The number of likely N-dealkylation sites (tertiary alicyclic amines) is 1. The van der Waals surface area contributed by atoms with Crippen molar-refractivity contribution < 1.29 is 9.90 Å². The lowest BCUT2D eigenvalue weighted by Crippen LogP contribution is -2.45. The zero-order valence-corrected chi connectivity index (χ0v) is 19.3. The maximum Gasteiger partial charge on any atom is 0.307 e. The second-order valence-electron chi connectivity index (χ2n) is 9.49. The first-order chi connectivity index (χ1) is 15.1. The van der Waals surface area contributed by atoms with Gasteiger partial charge in [-0.15, -0.1) is 0 Å². The number of rotatable bonds is 5. The predicted octanol–water partition coefficient (Wildman–Crippen LogP) is 6.56. The lowest BCUT2D eigenvalue weighted by Gasteiger charge is -2.40. The van der Waals surface area contributed by atoms with Crippen LogP contribution in [0.25, 0.3) is 0 Å². The van der Waals surface area contributed by atoms with E-state index in [0.717, 1.165) is 29.4 Å². The van der Waals surface area contributed by atoms with Crippen LogP contribution in [-0.4, -0.2) is 35.1 Å². The van der Waals surface area contributed by atoms with Gasteiger partial charge in [0.1, 0.15) is 0 Å². The van der Waals surface area contributed by atoms with Gasteiger partial charge in [-0.05, 0) is 67.0 Å². The van der Waals surface area contributed by atoms with E-state index in [0.29, 0.717) is 12.0 Å². The Balaban J connectivity index is 1.45. The van der Waals surface area contributed by atoms with Gasteiger partial charge in [-0.3, -0.25) is 9.69 Å². The zero-order valence-electron chi connectivity index (χ0n) is 17.8. The molecule has 1 aliphatic heterocycles. The van der Waals surface area contributed by atoms with Crippen LogP contribution in [0, 0.1) is 17.8 Å². The highest BCUT2D eigenvalue weighted by Crippen LogP contribution is 2.53. The van der Waals surface area contributed by atoms with Crippen LogP contribution >= 0.6 is 23.4 Å². The molecule has 1 saturated heterocycles. The number of nitrogens with zero attached hydrogens (tertiary/aromatic N) is 1. The van der Waals surface area contributed by atoms with E-state index >= 15 is 0 Å². The van der Waals surface area contributed by atoms with Crippen molar-refractivity contribution in [3.05, 3.63) is 59.1 Å². The summed E-state index contributed by atoms with van der Waals surface area (Å²) >= 11 is 7.78. The molecule has 5 rings (SSSR count).